The van der Waals surface area contributed by atoms with Gasteiger partial charge in [0.1, 0.15) is 34.8 Å². The number of amides is 1. The number of nitrogens with zero attached hydrogens (tertiary/aromatic N) is 3. The van der Waals surface area contributed by atoms with E-state index in [1.165, 1.54) is 24.3 Å². The van der Waals surface area contributed by atoms with E-state index in [0.717, 1.165) is 5.56 Å². The van der Waals surface area contributed by atoms with Crippen LogP contribution < -0.4 is 20.7 Å². The summed E-state index contributed by atoms with van der Waals surface area (Å²) >= 11 is 0. The van der Waals surface area contributed by atoms with Crippen molar-refractivity contribution in [1.82, 2.24) is 20.3 Å². The number of hydrogen-bond acceptors (Lipinski definition) is 7. The van der Waals surface area contributed by atoms with Gasteiger partial charge in [0, 0.05) is 25.4 Å². The van der Waals surface area contributed by atoms with Crippen molar-refractivity contribution in [3.8, 4) is 5.75 Å². The van der Waals surface area contributed by atoms with Crippen molar-refractivity contribution >= 4 is 23.4 Å². The smallest absolute Gasteiger partial charge is 0.258 e. The van der Waals surface area contributed by atoms with Crippen LogP contribution in [-0.2, 0) is 4.79 Å². The monoisotopic (exact) mass is 410 g/mol. The molecule has 1 aromatic carbocycles. The maximum atomic E-state index is 12.8. The fourth-order valence-electron chi connectivity index (χ4n) is 2.58. The van der Waals surface area contributed by atoms with Crippen molar-refractivity contribution < 1.29 is 13.9 Å². The van der Waals surface area contributed by atoms with Gasteiger partial charge in [0.15, 0.2) is 6.61 Å². The predicted molar refractivity (Wildman–Crippen MR) is 112 cm³/mol. The van der Waals surface area contributed by atoms with E-state index in [0.29, 0.717) is 42.1 Å². The fraction of sp³-hybridized carbons (Fsp3) is 0.238. The van der Waals surface area contributed by atoms with Crippen LogP contribution in [0.3, 0.4) is 0 Å². The van der Waals surface area contributed by atoms with Crippen molar-refractivity contribution in [1.29, 1.82) is 0 Å². The van der Waals surface area contributed by atoms with Crippen LogP contribution in [0.5, 0.6) is 5.75 Å². The van der Waals surface area contributed by atoms with Crippen LogP contribution in [0.2, 0.25) is 0 Å². The summed E-state index contributed by atoms with van der Waals surface area (Å²) in [5.74, 6) is 2.37. The van der Waals surface area contributed by atoms with Gasteiger partial charge in [0.2, 0.25) is 0 Å². The second kappa shape index (κ2) is 10.1. The summed E-state index contributed by atoms with van der Waals surface area (Å²) in [5.41, 5.74) is 1.09. The quantitative estimate of drug-likeness (QED) is 0.466. The molecule has 3 N–H and O–H groups in total. The lowest BCUT2D eigenvalue weighted by atomic mass is 10.3. The zero-order valence-corrected chi connectivity index (χ0v) is 16.8. The predicted octanol–water partition coefficient (Wildman–Crippen LogP) is 2.98. The van der Waals surface area contributed by atoms with Gasteiger partial charge in [-0.1, -0.05) is 0 Å². The fourth-order valence-corrected chi connectivity index (χ4v) is 2.58. The summed E-state index contributed by atoms with van der Waals surface area (Å²) in [6.45, 7) is 4.51. The maximum absolute atomic E-state index is 12.8. The maximum Gasteiger partial charge on any atom is 0.258 e. The third kappa shape index (κ3) is 6.69. The number of aromatic nitrogens is 3. The minimum absolute atomic E-state index is 0.143. The summed E-state index contributed by atoms with van der Waals surface area (Å²) in [6.07, 6.45) is 1.73. The third-order valence-corrected chi connectivity index (χ3v) is 3.95. The molecule has 0 atom stereocenters. The van der Waals surface area contributed by atoms with E-state index in [1.54, 1.807) is 19.2 Å². The zero-order chi connectivity index (χ0) is 21.3. The number of carbonyl (C=O) groups excluding carboxylic acids is 1. The third-order valence-electron chi connectivity index (χ3n) is 3.95. The van der Waals surface area contributed by atoms with Gasteiger partial charge in [-0.05, 0) is 55.8 Å². The largest absolute Gasteiger partial charge is 0.484 e. The molecular formula is C21H23FN6O2. The first kappa shape index (κ1) is 21.0. The summed E-state index contributed by atoms with van der Waals surface area (Å²) in [6, 6.07) is 11.1. The molecule has 0 bridgehead atoms. The molecule has 0 aliphatic heterocycles. The molecule has 2 aromatic heterocycles. The van der Waals surface area contributed by atoms with Gasteiger partial charge in [-0.25, -0.2) is 19.3 Å². The Hall–Kier alpha value is -3.75. The number of anilines is 3. The van der Waals surface area contributed by atoms with E-state index in [1.807, 2.05) is 19.1 Å². The van der Waals surface area contributed by atoms with Gasteiger partial charge in [-0.2, -0.15) is 0 Å². The number of aryl methyl sites for hydroxylation is 2. The van der Waals surface area contributed by atoms with Gasteiger partial charge in [-0.3, -0.25) is 4.79 Å². The van der Waals surface area contributed by atoms with Crippen molar-refractivity contribution in [2.75, 3.05) is 30.3 Å². The van der Waals surface area contributed by atoms with E-state index in [4.69, 9.17) is 4.74 Å². The minimum atomic E-state index is -0.355. The van der Waals surface area contributed by atoms with E-state index in [9.17, 15) is 9.18 Å². The topological polar surface area (TPSA) is 101 Å². The van der Waals surface area contributed by atoms with Crippen LogP contribution in [-0.4, -0.2) is 40.6 Å². The molecule has 0 saturated heterocycles. The van der Waals surface area contributed by atoms with Gasteiger partial charge in [-0.15, -0.1) is 0 Å². The van der Waals surface area contributed by atoms with Crippen molar-refractivity contribution in [3.05, 3.63) is 65.9 Å². The molecule has 3 aromatic rings. The van der Waals surface area contributed by atoms with Crippen molar-refractivity contribution in [3.63, 3.8) is 0 Å². The average molecular weight is 410 g/mol. The molecule has 1 amide bonds. The molecule has 0 unspecified atom stereocenters. The summed E-state index contributed by atoms with van der Waals surface area (Å²) in [7, 11) is 0. The summed E-state index contributed by atoms with van der Waals surface area (Å²) < 4.78 is 18.1. The number of ether oxygens (including phenoxy) is 1. The highest BCUT2D eigenvalue weighted by molar-refractivity contribution is 5.77. The Kier molecular flexibility index (Phi) is 7.09. The molecule has 0 aliphatic rings. The van der Waals surface area contributed by atoms with Crippen LogP contribution in [0.4, 0.5) is 21.8 Å². The lowest BCUT2D eigenvalue weighted by Gasteiger charge is -2.11. The number of carbonyl (C=O) groups is 1. The second-order valence-corrected chi connectivity index (χ2v) is 6.55. The second-order valence-electron chi connectivity index (χ2n) is 6.55. The molecule has 156 valence electrons. The van der Waals surface area contributed by atoms with E-state index in [2.05, 4.69) is 30.9 Å². The first-order valence-corrected chi connectivity index (χ1v) is 9.42. The molecule has 9 heteroatoms. The number of hydrogen-bond donors (Lipinski definition) is 3. The molecule has 3 rings (SSSR count). The standard InChI is InChI=1S/C21H23FN6O2/c1-14-7-8-23-18(11-14)28-20-12-19(26-15(2)27-20)24-9-10-25-21(29)13-30-17-5-3-16(22)4-6-17/h3-8,11-12H,9-10,13H2,1-2H3,(H,25,29)(H2,23,24,26,27,28). The molecule has 8 nitrogen and oxygen atoms in total. The molecule has 30 heavy (non-hydrogen) atoms. The molecule has 0 radical (unpaired) electrons. The zero-order valence-electron chi connectivity index (χ0n) is 16.8. The number of benzene rings is 1. The first-order valence-electron chi connectivity index (χ1n) is 9.42. The van der Waals surface area contributed by atoms with Crippen LogP contribution in [0.15, 0.2) is 48.7 Å². The van der Waals surface area contributed by atoms with E-state index < -0.39 is 0 Å². The summed E-state index contributed by atoms with van der Waals surface area (Å²) in [5, 5.41) is 9.05. The Morgan fingerprint density at radius 3 is 2.53 bits per heavy atom. The lowest BCUT2D eigenvalue weighted by Crippen LogP contribution is -2.32. The minimum Gasteiger partial charge on any atom is -0.484 e. The normalized spacial score (nSPS) is 10.4. The summed E-state index contributed by atoms with van der Waals surface area (Å²) in [4.78, 5) is 24.8. The Balaban J connectivity index is 1.43. The van der Waals surface area contributed by atoms with Crippen LogP contribution in [0, 0.1) is 19.7 Å². The Morgan fingerprint density at radius 2 is 1.77 bits per heavy atom. The van der Waals surface area contributed by atoms with Gasteiger partial charge in [0.05, 0.1) is 0 Å². The van der Waals surface area contributed by atoms with Crippen molar-refractivity contribution in [2.24, 2.45) is 0 Å². The van der Waals surface area contributed by atoms with Gasteiger partial charge < -0.3 is 20.7 Å². The van der Waals surface area contributed by atoms with Gasteiger partial charge in [0.25, 0.3) is 5.91 Å². The lowest BCUT2D eigenvalue weighted by molar-refractivity contribution is -0.123. The van der Waals surface area contributed by atoms with Crippen LogP contribution in [0.25, 0.3) is 0 Å². The Labute approximate surface area is 173 Å². The first-order chi connectivity index (χ1) is 14.5. The molecule has 0 aliphatic carbocycles. The van der Waals surface area contributed by atoms with Crippen LogP contribution in [0.1, 0.15) is 11.4 Å². The highest BCUT2D eigenvalue weighted by Gasteiger charge is 2.05. The molecule has 0 saturated carbocycles. The average Bonchev–Trinajstić information content (AvgIpc) is 2.70. The highest BCUT2D eigenvalue weighted by Crippen LogP contribution is 2.16. The molecular weight excluding hydrogens is 387 g/mol. The number of pyridine rings is 1. The van der Waals surface area contributed by atoms with E-state index in [-0.39, 0.29) is 18.3 Å². The van der Waals surface area contributed by atoms with Crippen LogP contribution >= 0.6 is 0 Å². The molecule has 0 fully saturated rings. The number of nitrogens with one attached hydrogen (secondary N) is 3. The van der Waals surface area contributed by atoms with Gasteiger partial charge >= 0.3 is 0 Å². The Morgan fingerprint density at radius 1 is 1.00 bits per heavy atom. The SMILES string of the molecule is Cc1ccnc(Nc2cc(NCCNC(=O)COc3ccc(F)cc3)nc(C)n2)c1. The van der Waals surface area contributed by atoms with Crippen molar-refractivity contribution in [2.45, 2.75) is 13.8 Å². The van der Waals surface area contributed by atoms with E-state index >= 15 is 0 Å². The number of halogens is 1. The Bertz CT molecular complexity index is 997. The molecule has 0 spiro atoms. The molecule has 2 heterocycles. The number of rotatable bonds is 9. The highest BCUT2D eigenvalue weighted by atomic mass is 19.1.